The Morgan fingerprint density at radius 1 is 1.11 bits per heavy atom. The molecule has 2 nitrogen and oxygen atoms in total. The topological polar surface area (TPSA) is 35.2 Å². The van der Waals surface area contributed by atoms with Crippen molar-refractivity contribution in [1.29, 1.82) is 0 Å². The lowest BCUT2D eigenvalue weighted by Gasteiger charge is -2.13. The second-order valence-corrected chi connectivity index (χ2v) is 4.68. The van der Waals surface area contributed by atoms with Crippen molar-refractivity contribution < 1.29 is 4.74 Å². The van der Waals surface area contributed by atoms with Crippen molar-refractivity contribution in [1.82, 2.24) is 0 Å². The molecule has 0 saturated heterocycles. The molecule has 0 aromatic heterocycles. The summed E-state index contributed by atoms with van der Waals surface area (Å²) >= 11 is 5.84. The molecule has 2 aromatic carbocycles. The number of para-hydroxylation sites is 1. The Morgan fingerprint density at radius 2 is 1.78 bits per heavy atom. The van der Waals surface area contributed by atoms with Crippen molar-refractivity contribution >= 4 is 11.6 Å². The Hall–Kier alpha value is -1.51. The van der Waals surface area contributed by atoms with Crippen LogP contribution in [-0.2, 0) is 6.61 Å². The van der Waals surface area contributed by atoms with Crippen LogP contribution in [0.2, 0.25) is 5.02 Å². The van der Waals surface area contributed by atoms with Crippen molar-refractivity contribution in [2.24, 2.45) is 5.73 Å². The number of nitrogens with two attached hydrogens (primary N) is 1. The van der Waals surface area contributed by atoms with Crippen LogP contribution in [0.4, 0.5) is 0 Å². The summed E-state index contributed by atoms with van der Waals surface area (Å²) in [4.78, 5) is 0. The van der Waals surface area contributed by atoms with Gasteiger partial charge in [0.15, 0.2) is 0 Å². The first-order valence-corrected chi connectivity index (χ1v) is 6.26. The second kappa shape index (κ2) is 5.89. The summed E-state index contributed by atoms with van der Waals surface area (Å²) in [7, 11) is 0. The Balaban J connectivity index is 2.08. The van der Waals surface area contributed by atoms with Gasteiger partial charge in [-0.2, -0.15) is 0 Å². The van der Waals surface area contributed by atoms with Gasteiger partial charge in [0.1, 0.15) is 12.4 Å². The molecule has 0 aliphatic rings. The second-order valence-electron chi connectivity index (χ2n) is 4.24. The van der Waals surface area contributed by atoms with Gasteiger partial charge in [-0.15, -0.1) is 0 Å². The first-order chi connectivity index (χ1) is 8.66. The molecule has 3 heteroatoms. The number of hydrogen-bond donors (Lipinski definition) is 1. The molecule has 0 unspecified atom stereocenters. The zero-order valence-corrected chi connectivity index (χ0v) is 11.0. The highest BCUT2D eigenvalue weighted by Crippen LogP contribution is 2.24. The minimum absolute atomic E-state index is 0.0357. The molecule has 0 amide bonds. The zero-order chi connectivity index (χ0) is 13.0. The lowest BCUT2D eigenvalue weighted by Crippen LogP contribution is -2.07. The van der Waals surface area contributed by atoms with Crippen molar-refractivity contribution in [3.8, 4) is 5.75 Å². The third-order valence-electron chi connectivity index (χ3n) is 2.72. The maximum atomic E-state index is 5.91. The summed E-state index contributed by atoms with van der Waals surface area (Å²) < 4.78 is 5.80. The van der Waals surface area contributed by atoms with Gasteiger partial charge in [-0.05, 0) is 30.7 Å². The van der Waals surface area contributed by atoms with E-state index < -0.39 is 0 Å². The van der Waals surface area contributed by atoms with E-state index >= 15 is 0 Å². The van der Waals surface area contributed by atoms with E-state index in [1.54, 1.807) is 0 Å². The SMILES string of the molecule is C[C@@H](N)c1ccccc1OCc1ccc(Cl)cc1. The smallest absolute Gasteiger partial charge is 0.124 e. The van der Waals surface area contributed by atoms with Gasteiger partial charge in [-0.1, -0.05) is 41.9 Å². The fourth-order valence-electron chi connectivity index (χ4n) is 1.73. The fraction of sp³-hybridized carbons (Fsp3) is 0.200. The molecule has 18 heavy (non-hydrogen) atoms. The van der Waals surface area contributed by atoms with Gasteiger partial charge in [0.05, 0.1) is 0 Å². The van der Waals surface area contributed by atoms with Crippen molar-refractivity contribution in [2.75, 3.05) is 0 Å². The Morgan fingerprint density at radius 3 is 2.44 bits per heavy atom. The van der Waals surface area contributed by atoms with Gasteiger partial charge in [0.25, 0.3) is 0 Å². The largest absolute Gasteiger partial charge is 0.489 e. The van der Waals surface area contributed by atoms with Gasteiger partial charge in [-0.25, -0.2) is 0 Å². The number of ether oxygens (including phenoxy) is 1. The van der Waals surface area contributed by atoms with Gasteiger partial charge in [0.2, 0.25) is 0 Å². The van der Waals surface area contributed by atoms with E-state index in [2.05, 4.69) is 0 Å². The lowest BCUT2D eigenvalue weighted by molar-refractivity contribution is 0.301. The molecule has 94 valence electrons. The highest BCUT2D eigenvalue weighted by molar-refractivity contribution is 6.30. The summed E-state index contributed by atoms with van der Waals surface area (Å²) in [5.41, 5.74) is 8.01. The van der Waals surface area contributed by atoms with Crippen LogP contribution in [0.15, 0.2) is 48.5 Å². The van der Waals surface area contributed by atoms with Crippen LogP contribution >= 0.6 is 11.6 Å². The van der Waals surface area contributed by atoms with Crippen molar-refractivity contribution in [3.63, 3.8) is 0 Å². The maximum Gasteiger partial charge on any atom is 0.124 e. The number of rotatable bonds is 4. The van der Waals surface area contributed by atoms with Crippen molar-refractivity contribution in [3.05, 3.63) is 64.7 Å². The standard InChI is InChI=1S/C15H16ClNO/c1-11(17)14-4-2-3-5-15(14)18-10-12-6-8-13(16)9-7-12/h2-9,11H,10,17H2,1H3/t11-/m1/s1. The van der Waals surface area contributed by atoms with Gasteiger partial charge in [-0.3, -0.25) is 0 Å². The van der Waals surface area contributed by atoms with Crippen LogP contribution in [0, 0.1) is 0 Å². The molecular formula is C15H16ClNO. The first-order valence-electron chi connectivity index (χ1n) is 5.88. The fourth-order valence-corrected chi connectivity index (χ4v) is 1.86. The molecule has 0 fully saturated rings. The minimum Gasteiger partial charge on any atom is -0.489 e. The predicted molar refractivity (Wildman–Crippen MR) is 74.8 cm³/mol. The Kier molecular flexibility index (Phi) is 4.24. The highest BCUT2D eigenvalue weighted by Gasteiger charge is 2.07. The third kappa shape index (κ3) is 3.25. The Bertz CT molecular complexity index is 508. The lowest BCUT2D eigenvalue weighted by atomic mass is 10.1. The summed E-state index contributed by atoms with van der Waals surface area (Å²) in [5, 5.41) is 0.731. The number of halogens is 1. The van der Waals surface area contributed by atoms with E-state index in [4.69, 9.17) is 22.1 Å². The molecule has 0 saturated carbocycles. The molecule has 0 heterocycles. The van der Waals surface area contributed by atoms with Gasteiger partial charge < -0.3 is 10.5 Å². The molecule has 2 rings (SSSR count). The Labute approximate surface area is 112 Å². The molecule has 2 N–H and O–H groups in total. The van der Waals surface area contributed by atoms with Crippen LogP contribution in [-0.4, -0.2) is 0 Å². The first kappa shape index (κ1) is 12.9. The minimum atomic E-state index is -0.0357. The maximum absolute atomic E-state index is 5.91. The molecule has 0 bridgehead atoms. The zero-order valence-electron chi connectivity index (χ0n) is 10.3. The van der Waals surface area contributed by atoms with E-state index in [9.17, 15) is 0 Å². The summed E-state index contributed by atoms with van der Waals surface area (Å²) in [6.07, 6.45) is 0. The predicted octanol–water partition coefficient (Wildman–Crippen LogP) is 3.94. The van der Waals surface area contributed by atoms with E-state index in [0.29, 0.717) is 6.61 Å². The number of benzene rings is 2. The molecule has 0 aliphatic carbocycles. The van der Waals surface area contributed by atoms with E-state index in [0.717, 1.165) is 21.9 Å². The van der Waals surface area contributed by atoms with E-state index in [1.165, 1.54) is 0 Å². The molecule has 0 aliphatic heterocycles. The summed E-state index contributed by atoms with van der Waals surface area (Å²) in [5.74, 6) is 0.836. The van der Waals surface area contributed by atoms with Crippen LogP contribution in [0.25, 0.3) is 0 Å². The molecular weight excluding hydrogens is 246 g/mol. The van der Waals surface area contributed by atoms with Crippen molar-refractivity contribution in [2.45, 2.75) is 19.6 Å². The van der Waals surface area contributed by atoms with Gasteiger partial charge >= 0.3 is 0 Å². The van der Waals surface area contributed by atoms with Crippen LogP contribution < -0.4 is 10.5 Å². The van der Waals surface area contributed by atoms with E-state index in [-0.39, 0.29) is 6.04 Å². The third-order valence-corrected chi connectivity index (χ3v) is 2.97. The van der Waals surface area contributed by atoms with Crippen LogP contribution in [0.5, 0.6) is 5.75 Å². The quantitative estimate of drug-likeness (QED) is 0.905. The normalized spacial score (nSPS) is 12.2. The molecule has 0 radical (unpaired) electrons. The highest BCUT2D eigenvalue weighted by atomic mass is 35.5. The summed E-state index contributed by atoms with van der Waals surface area (Å²) in [6, 6.07) is 15.4. The van der Waals surface area contributed by atoms with Crippen LogP contribution in [0.3, 0.4) is 0 Å². The van der Waals surface area contributed by atoms with E-state index in [1.807, 2.05) is 55.5 Å². The van der Waals surface area contributed by atoms with Crippen LogP contribution in [0.1, 0.15) is 24.1 Å². The molecule has 0 spiro atoms. The summed E-state index contributed by atoms with van der Waals surface area (Å²) in [6.45, 7) is 2.46. The van der Waals surface area contributed by atoms with Gasteiger partial charge in [0, 0.05) is 16.6 Å². The molecule has 1 atom stereocenters. The monoisotopic (exact) mass is 261 g/mol. The number of hydrogen-bond acceptors (Lipinski definition) is 2. The molecule has 2 aromatic rings. The average molecular weight is 262 g/mol. The average Bonchev–Trinajstić information content (AvgIpc) is 2.38.